The maximum absolute atomic E-state index is 12.8. The molecule has 1 fully saturated rings. The summed E-state index contributed by atoms with van der Waals surface area (Å²) in [6, 6.07) is 15.3. The van der Waals surface area contributed by atoms with Gasteiger partial charge in [0.05, 0.1) is 16.9 Å². The van der Waals surface area contributed by atoms with Gasteiger partial charge in [0.2, 0.25) is 11.9 Å². The second-order valence-electron chi connectivity index (χ2n) is 10.5. The normalized spacial score (nSPS) is 17.2. The van der Waals surface area contributed by atoms with Gasteiger partial charge in [-0.3, -0.25) is 9.59 Å². The van der Waals surface area contributed by atoms with Crippen molar-refractivity contribution in [1.82, 2.24) is 25.2 Å². The number of nitrogens with one attached hydrogen (secondary N) is 4. The zero-order valence-electron chi connectivity index (χ0n) is 23.2. The quantitative estimate of drug-likeness (QED) is 0.198. The first-order chi connectivity index (χ1) is 19.9. The van der Waals surface area contributed by atoms with Crippen LogP contribution in [-0.4, -0.2) is 64.4 Å². The first-order valence-corrected chi connectivity index (χ1v) is 14.1. The predicted octanol–water partition coefficient (Wildman–Crippen LogP) is 5.49. The molecule has 0 radical (unpaired) electrons. The molecule has 2 aromatic carbocycles. The number of anilines is 2. The molecule has 41 heavy (non-hydrogen) atoms. The number of benzene rings is 2. The summed E-state index contributed by atoms with van der Waals surface area (Å²) in [5, 5.41) is 11.0. The molecule has 212 valence electrons. The average Bonchev–Trinajstić information content (AvgIpc) is 3.39. The molecular formula is C31H34ClN7O2. The first-order valence-electron chi connectivity index (χ1n) is 13.7. The van der Waals surface area contributed by atoms with Crippen LogP contribution in [0, 0.1) is 0 Å². The summed E-state index contributed by atoms with van der Waals surface area (Å²) >= 11 is 6.48. The van der Waals surface area contributed by atoms with Crippen molar-refractivity contribution in [3.8, 4) is 11.3 Å². The number of aromatic nitrogens is 3. The van der Waals surface area contributed by atoms with Crippen LogP contribution in [0.3, 0.4) is 0 Å². The Morgan fingerprint density at radius 1 is 1.05 bits per heavy atom. The minimum Gasteiger partial charge on any atom is -0.360 e. The Bertz CT molecular complexity index is 1540. The van der Waals surface area contributed by atoms with Crippen molar-refractivity contribution >= 4 is 46.0 Å². The zero-order chi connectivity index (χ0) is 28.8. The van der Waals surface area contributed by atoms with E-state index in [9.17, 15) is 9.59 Å². The van der Waals surface area contributed by atoms with E-state index >= 15 is 0 Å². The highest BCUT2D eigenvalue weighted by Crippen LogP contribution is 2.32. The molecule has 0 saturated heterocycles. The summed E-state index contributed by atoms with van der Waals surface area (Å²) in [6.45, 7) is 0.687. The number of para-hydroxylation sites is 1. The maximum Gasteiger partial charge on any atom is 0.251 e. The van der Waals surface area contributed by atoms with Crippen LogP contribution in [-0.2, 0) is 4.79 Å². The van der Waals surface area contributed by atoms with Crippen LogP contribution in [0.2, 0.25) is 5.02 Å². The Morgan fingerprint density at radius 3 is 2.54 bits per heavy atom. The molecular weight excluding hydrogens is 538 g/mol. The number of hydrogen-bond donors (Lipinski definition) is 4. The Kier molecular flexibility index (Phi) is 8.96. The van der Waals surface area contributed by atoms with Gasteiger partial charge in [-0.15, -0.1) is 0 Å². The lowest BCUT2D eigenvalue weighted by atomic mass is 9.91. The van der Waals surface area contributed by atoms with Gasteiger partial charge in [0.1, 0.15) is 0 Å². The van der Waals surface area contributed by atoms with Crippen molar-refractivity contribution in [2.24, 2.45) is 0 Å². The molecule has 0 aliphatic heterocycles. The molecule has 1 saturated carbocycles. The zero-order valence-corrected chi connectivity index (χ0v) is 23.9. The maximum atomic E-state index is 12.8. The predicted molar refractivity (Wildman–Crippen MR) is 164 cm³/mol. The molecule has 2 aromatic heterocycles. The number of rotatable bonds is 9. The lowest BCUT2D eigenvalue weighted by Crippen LogP contribution is -2.40. The minimum atomic E-state index is -0.201. The van der Waals surface area contributed by atoms with Crippen molar-refractivity contribution in [3.05, 3.63) is 83.7 Å². The van der Waals surface area contributed by atoms with Crippen LogP contribution >= 0.6 is 11.6 Å². The summed E-state index contributed by atoms with van der Waals surface area (Å²) < 4.78 is 0. The van der Waals surface area contributed by atoms with E-state index in [4.69, 9.17) is 16.6 Å². The summed E-state index contributed by atoms with van der Waals surface area (Å²) in [6.07, 6.45) is 10.3. The number of carbonyl (C=O) groups excluding carboxylic acids is 2. The second kappa shape index (κ2) is 13.0. The Morgan fingerprint density at radius 2 is 1.78 bits per heavy atom. The molecule has 4 N–H and O–H groups in total. The van der Waals surface area contributed by atoms with Crippen LogP contribution in [0.5, 0.6) is 0 Å². The number of aromatic amines is 1. The summed E-state index contributed by atoms with van der Waals surface area (Å²) in [7, 11) is 3.87. The third-order valence-electron chi connectivity index (χ3n) is 7.14. The Labute approximate surface area is 244 Å². The van der Waals surface area contributed by atoms with E-state index in [0.717, 1.165) is 42.1 Å². The summed E-state index contributed by atoms with van der Waals surface area (Å²) in [4.78, 5) is 39.3. The van der Waals surface area contributed by atoms with Crippen LogP contribution in [0.4, 0.5) is 11.6 Å². The van der Waals surface area contributed by atoms with Gasteiger partial charge in [0.25, 0.3) is 5.91 Å². The van der Waals surface area contributed by atoms with E-state index in [-0.39, 0.29) is 23.9 Å². The topological polar surface area (TPSA) is 115 Å². The van der Waals surface area contributed by atoms with Gasteiger partial charge in [-0.25, -0.2) is 9.97 Å². The molecule has 1 aliphatic rings. The first kappa shape index (κ1) is 28.3. The van der Waals surface area contributed by atoms with Crippen LogP contribution in [0.15, 0.2) is 73.1 Å². The van der Waals surface area contributed by atoms with Crippen LogP contribution in [0.1, 0.15) is 36.0 Å². The number of amides is 2. The van der Waals surface area contributed by atoms with Gasteiger partial charge in [0, 0.05) is 58.6 Å². The van der Waals surface area contributed by atoms with Crippen LogP contribution in [0.25, 0.3) is 22.2 Å². The lowest BCUT2D eigenvalue weighted by Gasteiger charge is -2.29. The highest BCUT2D eigenvalue weighted by atomic mass is 35.5. The SMILES string of the molecule is CN(C)CC=CC(=O)Nc1ccc(C(=O)NC2CCC(Nc3ncc(Cl)c(-c4c[nH]c5ccccc45)n3)CC2)cc1. The fourth-order valence-corrected chi connectivity index (χ4v) is 5.18. The number of hydrogen-bond acceptors (Lipinski definition) is 6. The standard InChI is InChI=1S/C31H34ClN7O2/c1-39(2)17-5-8-28(40)35-21-11-9-20(10-12-21)30(41)36-22-13-15-23(16-14-22)37-31-34-19-26(32)29(38-31)25-18-33-27-7-4-3-6-24(25)27/h3-12,18-19,22-23,33H,13-17H2,1-2H3,(H,35,40)(H,36,41)(H,34,37,38). The fraction of sp³-hybridized carbons (Fsp3) is 0.290. The monoisotopic (exact) mass is 571 g/mol. The molecule has 2 amide bonds. The molecule has 0 bridgehead atoms. The highest BCUT2D eigenvalue weighted by molar-refractivity contribution is 6.33. The third kappa shape index (κ3) is 7.31. The number of H-pyrrole nitrogens is 1. The van der Waals surface area contributed by atoms with Crippen molar-refractivity contribution in [2.45, 2.75) is 37.8 Å². The van der Waals surface area contributed by atoms with Gasteiger partial charge in [-0.05, 0) is 70.1 Å². The lowest BCUT2D eigenvalue weighted by molar-refractivity contribution is -0.111. The molecule has 0 spiro atoms. The number of carbonyl (C=O) groups is 2. The van der Waals surface area contributed by atoms with E-state index < -0.39 is 0 Å². The van der Waals surface area contributed by atoms with Crippen molar-refractivity contribution < 1.29 is 9.59 Å². The van der Waals surface area contributed by atoms with E-state index in [2.05, 4.69) is 25.9 Å². The Hall–Kier alpha value is -4.21. The highest BCUT2D eigenvalue weighted by Gasteiger charge is 2.24. The fourth-order valence-electron chi connectivity index (χ4n) is 4.99. The van der Waals surface area contributed by atoms with E-state index in [1.54, 1.807) is 36.5 Å². The molecule has 1 aliphatic carbocycles. The molecule has 5 rings (SSSR count). The van der Waals surface area contributed by atoms with Gasteiger partial charge >= 0.3 is 0 Å². The molecule has 2 heterocycles. The second-order valence-corrected chi connectivity index (χ2v) is 10.9. The Balaban J connectivity index is 1.11. The molecule has 0 atom stereocenters. The van der Waals surface area contributed by atoms with Crippen molar-refractivity contribution in [1.29, 1.82) is 0 Å². The van der Waals surface area contributed by atoms with E-state index in [1.807, 2.05) is 49.5 Å². The van der Waals surface area contributed by atoms with Crippen molar-refractivity contribution in [3.63, 3.8) is 0 Å². The molecule has 10 heteroatoms. The molecule has 9 nitrogen and oxygen atoms in total. The van der Waals surface area contributed by atoms with Gasteiger partial charge in [-0.2, -0.15) is 0 Å². The van der Waals surface area contributed by atoms with E-state index in [1.165, 1.54) is 6.08 Å². The number of likely N-dealkylation sites (N-methyl/N-ethyl adjacent to an activating group) is 1. The average molecular weight is 572 g/mol. The smallest absolute Gasteiger partial charge is 0.251 e. The summed E-state index contributed by atoms with van der Waals surface area (Å²) in [5.74, 6) is 0.227. The number of halogens is 1. The van der Waals surface area contributed by atoms with Crippen molar-refractivity contribution in [2.75, 3.05) is 31.3 Å². The van der Waals surface area contributed by atoms with E-state index in [0.29, 0.717) is 34.5 Å². The minimum absolute atomic E-state index is 0.0923. The molecule has 4 aromatic rings. The van der Waals surface area contributed by atoms with Gasteiger partial charge in [-0.1, -0.05) is 35.9 Å². The summed E-state index contributed by atoms with van der Waals surface area (Å²) in [5.41, 5.74) is 3.86. The molecule has 0 unspecified atom stereocenters. The largest absolute Gasteiger partial charge is 0.360 e. The van der Waals surface area contributed by atoms with Crippen LogP contribution < -0.4 is 16.0 Å². The van der Waals surface area contributed by atoms with Gasteiger partial charge < -0.3 is 25.8 Å². The third-order valence-corrected chi connectivity index (χ3v) is 7.42. The van der Waals surface area contributed by atoms with Gasteiger partial charge in [0.15, 0.2) is 0 Å². The number of fused-ring (bicyclic) bond motifs is 1. The number of nitrogens with zero attached hydrogens (tertiary/aromatic N) is 3.